The van der Waals surface area contributed by atoms with Gasteiger partial charge in [-0.2, -0.15) is 0 Å². The first-order valence-electron chi connectivity index (χ1n) is 5.18. The van der Waals surface area contributed by atoms with E-state index in [0.29, 0.717) is 0 Å². The predicted octanol–water partition coefficient (Wildman–Crippen LogP) is 4.75. The Morgan fingerprint density at radius 3 is 1.27 bits per heavy atom. The molecule has 0 heterocycles. The van der Waals surface area contributed by atoms with Crippen molar-refractivity contribution in [3.8, 4) is 0 Å². The zero-order valence-electron chi connectivity index (χ0n) is 9.52. The molecular weight excluding hydrogens is 180 g/mol. The van der Waals surface area contributed by atoms with Crippen LogP contribution in [-0.2, 0) is 0 Å². The first-order valence-corrected chi connectivity index (χ1v) is 5.18. The second-order valence-corrected chi connectivity index (χ2v) is 3.23. The Balaban J connectivity index is 0.000000196. The summed E-state index contributed by atoms with van der Waals surface area (Å²) < 4.78 is 0. The molecule has 0 radical (unpaired) electrons. The summed E-state index contributed by atoms with van der Waals surface area (Å²) in [6, 6.07) is 0. The van der Waals surface area contributed by atoms with E-state index >= 15 is 0 Å². The lowest BCUT2D eigenvalue weighted by Gasteiger charge is -1.71. The lowest BCUT2D eigenvalue weighted by atomic mass is 10.4. The van der Waals surface area contributed by atoms with Gasteiger partial charge in [-0.3, -0.25) is 0 Å². The Morgan fingerprint density at radius 2 is 1.20 bits per heavy atom. The molecule has 0 saturated carbocycles. The van der Waals surface area contributed by atoms with Gasteiger partial charge >= 0.3 is 0 Å². The topological polar surface area (TPSA) is 0 Å². The first kappa shape index (κ1) is 13.4. The van der Waals surface area contributed by atoms with Crippen LogP contribution >= 0.6 is 0 Å². The maximum absolute atomic E-state index is 3.56. The van der Waals surface area contributed by atoms with E-state index < -0.39 is 0 Å². The van der Waals surface area contributed by atoms with Crippen LogP contribution in [0.4, 0.5) is 0 Å². The van der Waals surface area contributed by atoms with Gasteiger partial charge in [0.1, 0.15) is 0 Å². The Kier molecular flexibility index (Phi) is 9.43. The summed E-state index contributed by atoms with van der Waals surface area (Å²) in [5.74, 6) is 0. The van der Waals surface area contributed by atoms with E-state index in [1.807, 2.05) is 6.92 Å². The van der Waals surface area contributed by atoms with Gasteiger partial charge in [-0.15, -0.1) is 0 Å². The summed E-state index contributed by atoms with van der Waals surface area (Å²) in [5.41, 5.74) is 1.02. The summed E-state index contributed by atoms with van der Waals surface area (Å²) in [6.07, 6.45) is 20.7. The predicted molar refractivity (Wildman–Crippen MR) is 70.8 cm³/mol. The fourth-order valence-corrected chi connectivity index (χ4v) is 0.786. The third-order valence-electron chi connectivity index (χ3n) is 1.66. The molecule has 0 unspecified atom stereocenters. The average molecular weight is 200 g/mol. The van der Waals surface area contributed by atoms with E-state index in [1.54, 1.807) is 6.08 Å². The van der Waals surface area contributed by atoms with Gasteiger partial charge in [-0.25, -0.2) is 0 Å². The lowest BCUT2D eigenvalue weighted by molar-refractivity contribution is 1.45. The van der Waals surface area contributed by atoms with Gasteiger partial charge < -0.3 is 0 Å². The van der Waals surface area contributed by atoms with Crippen LogP contribution in [0.2, 0.25) is 0 Å². The van der Waals surface area contributed by atoms with Crippen LogP contribution in [0.1, 0.15) is 19.8 Å². The van der Waals surface area contributed by atoms with Gasteiger partial charge in [0.15, 0.2) is 0 Å². The lowest BCUT2D eigenvalue weighted by Crippen LogP contribution is -1.50. The second kappa shape index (κ2) is 10.5. The minimum absolute atomic E-state index is 1.02. The van der Waals surface area contributed by atoms with Crippen LogP contribution in [0.3, 0.4) is 0 Å². The summed E-state index contributed by atoms with van der Waals surface area (Å²) in [7, 11) is 0. The molecule has 2 aliphatic carbocycles. The third kappa shape index (κ3) is 12.4. The van der Waals surface area contributed by atoms with Crippen LogP contribution in [0, 0.1) is 0 Å². The number of hydrogen-bond acceptors (Lipinski definition) is 0. The summed E-state index contributed by atoms with van der Waals surface area (Å²) in [6.45, 7) is 8.93. The van der Waals surface area contributed by atoms with Crippen molar-refractivity contribution >= 4 is 0 Å². The quantitative estimate of drug-likeness (QED) is 0.536. The van der Waals surface area contributed by atoms with Crippen molar-refractivity contribution in [2.75, 3.05) is 0 Å². The van der Waals surface area contributed by atoms with E-state index in [1.165, 1.54) is 0 Å². The molecule has 0 bridgehead atoms. The van der Waals surface area contributed by atoms with Gasteiger partial charge in [0, 0.05) is 0 Å². The van der Waals surface area contributed by atoms with Gasteiger partial charge in [0.05, 0.1) is 0 Å². The van der Waals surface area contributed by atoms with E-state index in [2.05, 4.69) is 61.8 Å². The molecule has 2 rings (SSSR count). The minimum Gasteiger partial charge on any atom is -0.0988 e. The molecular formula is C15H20. The number of rotatable bonds is 1. The molecule has 0 N–H and O–H groups in total. The highest BCUT2D eigenvalue weighted by molar-refractivity contribution is 5.12. The third-order valence-corrected chi connectivity index (χ3v) is 1.66. The molecule has 0 atom stereocenters. The fraction of sp³-hybridized carbons (Fsp3) is 0.200. The smallest absolute Gasteiger partial charge is 0.0163 e. The molecule has 0 spiro atoms. The molecule has 15 heavy (non-hydrogen) atoms. The zero-order valence-corrected chi connectivity index (χ0v) is 9.52. The van der Waals surface area contributed by atoms with Crippen LogP contribution in [0.15, 0.2) is 73.4 Å². The molecule has 0 aliphatic heterocycles. The Hall–Kier alpha value is -1.56. The average Bonchev–Trinajstić information content (AvgIpc) is 2.96. The molecule has 2 aliphatic rings. The summed E-state index contributed by atoms with van der Waals surface area (Å²) in [5, 5.41) is 0. The SMILES string of the molecule is C1=CCC=C1.C1=CCC=C1.C=CC(=C)C. The monoisotopic (exact) mass is 200 g/mol. The molecule has 0 amide bonds. The molecule has 0 fully saturated rings. The van der Waals surface area contributed by atoms with Crippen LogP contribution in [-0.4, -0.2) is 0 Å². The Bertz CT molecular complexity index is 243. The highest BCUT2D eigenvalue weighted by Crippen LogP contribution is 1.93. The maximum Gasteiger partial charge on any atom is -0.0163 e. The van der Waals surface area contributed by atoms with Crippen molar-refractivity contribution in [1.29, 1.82) is 0 Å². The minimum atomic E-state index is 1.02. The number of hydrogen-bond donors (Lipinski definition) is 0. The second-order valence-electron chi connectivity index (χ2n) is 3.23. The molecule has 0 heteroatoms. The standard InChI is InChI=1S/2C5H6.C5H8/c2*1-2-4-5-3-1;1-4-5(2)3/h2*1-4H,5H2;4H,1-2H2,3H3. The Labute approximate surface area is 93.7 Å². The van der Waals surface area contributed by atoms with E-state index in [-0.39, 0.29) is 0 Å². The summed E-state index contributed by atoms with van der Waals surface area (Å²) >= 11 is 0. The van der Waals surface area contributed by atoms with Gasteiger partial charge in [0.2, 0.25) is 0 Å². The molecule has 0 aromatic carbocycles. The molecule has 80 valence electrons. The largest absolute Gasteiger partial charge is 0.0988 e. The normalized spacial score (nSPS) is 13.9. The number of allylic oxidation sites excluding steroid dienone is 10. The zero-order chi connectivity index (χ0) is 11.4. The Morgan fingerprint density at radius 1 is 0.933 bits per heavy atom. The van der Waals surface area contributed by atoms with Crippen LogP contribution in [0.25, 0.3) is 0 Å². The van der Waals surface area contributed by atoms with Gasteiger partial charge in [0.25, 0.3) is 0 Å². The van der Waals surface area contributed by atoms with Crippen LogP contribution in [0.5, 0.6) is 0 Å². The maximum atomic E-state index is 3.56. The first-order chi connectivity index (χ1) is 7.27. The van der Waals surface area contributed by atoms with E-state index in [9.17, 15) is 0 Å². The van der Waals surface area contributed by atoms with Crippen molar-refractivity contribution in [1.82, 2.24) is 0 Å². The fourth-order valence-electron chi connectivity index (χ4n) is 0.786. The van der Waals surface area contributed by atoms with Crippen molar-refractivity contribution in [3.05, 3.63) is 73.4 Å². The molecule has 0 saturated heterocycles. The van der Waals surface area contributed by atoms with Gasteiger partial charge in [-0.05, 0) is 19.8 Å². The highest BCUT2D eigenvalue weighted by Gasteiger charge is 1.72. The van der Waals surface area contributed by atoms with E-state index in [0.717, 1.165) is 18.4 Å². The van der Waals surface area contributed by atoms with E-state index in [4.69, 9.17) is 0 Å². The summed E-state index contributed by atoms with van der Waals surface area (Å²) in [4.78, 5) is 0. The van der Waals surface area contributed by atoms with Crippen molar-refractivity contribution in [2.45, 2.75) is 19.8 Å². The van der Waals surface area contributed by atoms with Crippen molar-refractivity contribution in [2.24, 2.45) is 0 Å². The highest BCUT2D eigenvalue weighted by atomic mass is 13.8. The molecule has 0 aromatic rings. The van der Waals surface area contributed by atoms with Crippen molar-refractivity contribution in [3.63, 3.8) is 0 Å². The van der Waals surface area contributed by atoms with Gasteiger partial charge in [-0.1, -0.05) is 73.4 Å². The van der Waals surface area contributed by atoms with Crippen molar-refractivity contribution < 1.29 is 0 Å². The molecule has 0 nitrogen and oxygen atoms in total. The molecule has 0 aromatic heterocycles. The van der Waals surface area contributed by atoms with Crippen LogP contribution < -0.4 is 0 Å².